The second kappa shape index (κ2) is 8.78. The number of benzene rings is 1. The molecule has 0 aliphatic carbocycles. The Morgan fingerprint density at radius 3 is 2.65 bits per heavy atom. The Balaban J connectivity index is 1.79. The zero-order valence-electron chi connectivity index (χ0n) is 16.6. The molecule has 158 valence electrons. The maximum absolute atomic E-state index is 13.8. The maximum atomic E-state index is 13.8. The summed E-state index contributed by atoms with van der Waals surface area (Å²) in [5, 5.41) is 7.97. The highest BCUT2D eigenvalue weighted by atomic mass is 35.5. The van der Waals surface area contributed by atoms with Gasteiger partial charge in [-0.05, 0) is 56.3 Å². The van der Waals surface area contributed by atoms with Gasteiger partial charge < -0.3 is 5.32 Å². The first-order valence-electron chi connectivity index (χ1n) is 9.37. The van der Waals surface area contributed by atoms with Crippen LogP contribution in [-0.4, -0.2) is 20.7 Å². The van der Waals surface area contributed by atoms with Crippen LogP contribution in [0.3, 0.4) is 0 Å². The van der Waals surface area contributed by atoms with Crippen molar-refractivity contribution < 1.29 is 9.18 Å². The Kier molecular flexibility index (Phi) is 6.09. The molecule has 5 nitrogen and oxygen atoms in total. The van der Waals surface area contributed by atoms with Crippen molar-refractivity contribution in [3.63, 3.8) is 0 Å². The molecule has 1 amide bonds. The van der Waals surface area contributed by atoms with E-state index in [9.17, 15) is 9.18 Å². The monoisotopic (exact) mass is 474 g/mol. The number of rotatable bonds is 5. The summed E-state index contributed by atoms with van der Waals surface area (Å²) >= 11 is 13.4. The van der Waals surface area contributed by atoms with Gasteiger partial charge in [-0.2, -0.15) is 9.49 Å². The van der Waals surface area contributed by atoms with Crippen LogP contribution in [-0.2, 0) is 0 Å². The summed E-state index contributed by atoms with van der Waals surface area (Å²) in [6, 6.07) is 13.2. The lowest BCUT2D eigenvalue weighted by Gasteiger charge is -2.12. The van der Waals surface area contributed by atoms with Crippen LogP contribution in [0.1, 0.15) is 34.7 Å². The summed E-state index contributed by atoms with van der Waals surface area (Å²) in [6.45, 7) is 3.62. The van der Waals surface area contributed by atoms with Gasteiger partial charge in [-0.1, -0.05) is 29.3 Å². The van der Waals surface area contributed by atoms with Gasteiger partial charge in [0.1, 0.15) is 0 Å². The summed E-state index contributed by atoms with van der Waals surface area (Å²) in [5.41, 5.74) is 2.69. The number of hydrogen-bond acceptors (Lipinski definition) is 4. The van der Waals surface area contributed by atoms with E-state index in [-0.39, 0.29) is 22.8 Å². The number of carbonyl (C=O) groups excluding carboxylic acids is 1. The third kappa shape index (κ3) is 4.35. The maximum Gasteiger partial charge on any atom is 0.272 e. The second-order valence-corrected chi connectivity index (χ2v) is 8.76. The van der Waals surface area contributed by atoms with Gasteiger partial charge in [0.05, 0.1) is 33.0 Å². The Labute approximate surface area is 192 Å². The number of halogens is 3. The van der Waals surface area contributed by atoms with E-state index in [0.29, 0.717) is 31.9 Å². The van der Waals surface area contributed by atoms with E-state index in [1.165, 1.54) is 6.07 Å². The van der Waals surface area contributed by atoms with E-state index in [4.69, 9.17) is 23.2 Å². The van der Waals surface area contributed by atoms with E-state index in [0.717, 1.165) is 17.0 Å². The molecule has 31 heavy (non-hydrogen) atoms. The minimum absolute atomic E-state index is 0.220. The normalized spacial score (nSPS) is 12.0. The SMILES string of the molecule is Cc1c(C(=O)NC(C)c2ccccn2)nn(-c2ccc(Cl)cc2Cl)c1-c1ccc(F)s1. The van der Waals surface area contributed by atoms with Crippen LogP contribution < -0.4 is 5.32 Å². The molecular formula is C22H17Cl2FN4OS. The molecular weight excluding hydrogens is 458 g/mol. The average molecular weight is 475 g/mol. The quantitative estimate of drug-likeness (QED) is 0.372. The smallest absolute Gasteiger partial charge is 0.272 e. The van der Waals surface area contributed by atoms with Gasteiger partial charge in [0, 0.05) is 16.8 Å². The lowest BCUT2D eigenvalue weighted by Crippen LogP contribution is -2.28. The van der Waals surface area contributed by atoms with E-state index >= 15 is 0 Å². The minimum atomic E-state index is -0.363. The highest BCUT2D eigenvalue weighted by molar-refractivity contribution is 7.13. The highest BCUT2D eigenvalue weighted by Gasteiger charge is 2.25. The predicted molar refractivity (Wildman–Crippen MR) is 122 cm³/mol. The van der Waals surface area contributed by atoms with Crippen LogP contribution >= 0.6 is 34.5 Å². The molecule has 0 saturated heterocycles. The fourth-order valence-corrected chi connectivity index (χ4v) is 4.55. The summed E-state index contributed by atoms with van der Waals surface area (Å²) in [6.07, 6.45) is 1.67. The number of amides is 1. The third-order valence-electron chi connectivity index (χ3n) is 4.76. The first-order chi connectivity index (χ1) is 14.8. The van der Waals surface area contributed by atoms with Gasteiger partial charge in [-0.3, -0.25) is 9.78 Å². The molecule has 3 heterocycles. The average Bonchev–Trinajstić information content (AvgIpc) is 3.31. The summed E-state index contributed by atoms with van der Waals surface area (Å²) in [7, 11) is 0. The first-order valence-corrected chi connectivity index (χ1v) is 10.9. The predicted octanol–water partition coefficient (Wildman–Crippen LogP) is 6.24. The Bertz CT molecular complexity index is 1260. The molecule has 0 saturated carbocycles. The molecule has 1 atom stereocenters. The Hall–Kier alpha value is -2.74. The lowest BCUT2D eigenvalue weighted by molar-refractivity contribution is 0.0933. The van der Waals surface area contributed by atoms with E-state index in [2.05, 4.69) is 15.4 Å². The first kappa shape index (κ1) is 21.5. The van der Waals surface area contributed by atoms with Crippen LogP contribution in [0.4, 0.5) is 4.39 Å². The van der Waals surface area contributed by atoms with Crippen molar-refractivity contribution in [2.75, 3.05) is 0 Å². The van der Waals surface area contributed by atoms with Gasteiger partial charge >= 0.3 is 0 Å². The molecule has 1 N–H and O–H groups in total. The fraction of sp³-hybridized carbons (Fsp3) is 0.136. The number of pyridine rings is 1. The number of aromatic nitrogens is 3. The standard InChI is InChI=1S/C22H17Cl2FN4OS/c1-12-20(22(30)27-13(2)16-5-3-4-10-26-16)28-29(17-7-6-14(23)11-15(17)24)21(12)18-8-9-19(25)31-18/h3-11,13H,1-2H3,(H,27,30). The minimum Gasteiger partial charge on any atom is -0.343 e. The number of nitrogens with one attached hydrogen (secondary N) is 1. The van der Waals surface area contributed by atoms with Crippen molar-refractivity contribution in [3.8, 4) is 16.3 Å². The molecule has 0 spiro atoms. The van der Waals surface area contributed by atoms with Crippen LogP contribution in [0, 0.1) is 12.1 Å². The van der Waals surface area contributed by atoms with Crippen molar-refractivity contribution in [1.29, 1.82) is 0 Å². The molecule has 0 aliphatic rings. The highest BCUT2D eigenvalue weighted by Crippen LogP contribution is 2.35. The number of thiophene rings is 1. The molecule has 0 bridgehead atoms. The van der Waals surface area contributed by atoms with Crippen LogP contribution in [0.15, 0.2) is 54.7 Å². The van der Waals surface area contributed by atoms with Gasteiger partial charge in [-0.25, -0.2) is 4.68 Å². The fourth-order valence-electron chi connectivity index (χ4n) is 3.24. The zero-order chi connectivity index (χ0) is 22.1. The topological polar surface area (TPSA) is 59.8 Å². The van der Waals surface area contributed by atoms with Gasteiger partial charge in [-0.15, -0.1) is 11.3 Å². The molecule has 1 aromatic carbocycles. The summed E-state index contributed by atoms with van der Waals surface area (Å²) < 4.78 is 15.4. The van der Waals surface area contributed by atoms with E-state index in [1.807, 2.05) is 25.1 Å². The van der Waals surface area contributed by atoms with Crippen LogP contribution in [0.25, 0.3) is 16.3 Å². The molecule has 0 radical (unpaired) electrons. The van der Waals surface area contributed by atoms with Gasteiger partial charge in [0.15, 0.2) is 10.8 Å². The lowest BCUT2D eigenvalue weighted by atomic mass is 10.1. The van der Waals surface area contributed by atoms with Gasteiger partial charge in [0.2, 0.25) is 0 Å². The number of nitrogens with zero attached hydrogens (tertiary/aromatic N) is 3. The summed E-state index contributed by atoms with van der Waals surface area (Å²) in [5.74, 6) is -0.363. The van der Waals surface area contributed by atoms with E-state index < -0.39 is 0 Å². The van der Waals surface area contributed by atoms with Crippen molar-refractivity contribution >= 4 is 40.4 Å². The molecule has 4 aromatic rings. The zero-order valence-corrected chi connectivity index (χ0v) is 18.9. The largest absolute Gasteiger partial charge is 0.343 e. The molecule has 9 heteroatoms. The molecule has 4 rings (SSSR count). The van der Waals surface area contributed by atoms with Crippen molar-refractivity contribution in [1.82, 2.24) is 20.1 Å². The second-order valence-electron chi connectivity index (χ2n) is 6.88. The summed E-state index contributed by atoms with van der Waals surface area (Å²) in [4.78, 5) is 18.0. The van der Waals surface area contributed by atoms with Crippen molar-refractivity contribution in [2.24, 2.45) is 0 Å². The molecule has 0 aliphatic heterocycles. The van der Waals surface area contributed by atoms with Crippen molar-refractivity contribution in [3.05, 3.63) is 86.9 Å². The van der Waals surface area contributed by atoms with Crippen LogP contribution in [0.2, 0.25) is 10.0 Å². The number of carbonyl (C=O) groups is 1. The Morgan fingerprint density at radius 2 is 2.00 bits per heavy atom. The molecule has 3 aromatic heterocycles. The Morgan fingerprint density at radius 1 is 1.19 bits per heavy atom. The molecule has 0 fully saturated rings. The third-order valence-corrected chi connectivity index (χ3v) is 6.18. The van der Waals surface area contributed by atoms with Crippen LogP contribution in [0.5, 0.6) is 0 Å². The van der Waals surface area contributed by atoms with E-state index in [1.54, 1.807) is 42.1 Å². The van der Waals surface area contributed by atoms with Gasteiger partial charge in [0.25, 0.3) is 5.91 Å². The van der Waals surface area contributed by atoms with Crippen molar-refractivity contribution in [2.45, 2.75) is 19.9 Å². The molecule has 1 unspecified atom stereocenters. The number of hydrogen-bond donors (Lipinski definition) is 1.